The average Bonchev–Trinajstić information content (AvgIpc) is 2.85. The zero-order valence-electron chi connectivity index (χ0n) is 13.6. The Morgan fingerprint density at radius 2 is 1.96 bits per heavy atom. The van der Waals surface area contributed by atoms with Gasteiger partial charge in [0.15, 0.2) is 0 Å². The van der Waals surface area contributed by atoms with Gasteiger partial charge in [0.2, 0.25) is 0 Å². The van der Waals surface area contributed by atoms with E-state index in [2.05, 4.69) is 0 Å². The number of hydrogen-bond acceptors (Lipinski definition) is 5. The third-order valence-corrected chi connectivity index (χ3v) is 5.81. The van der Waals surface area contributed by atoms with Gasteiger partial charge >= 0.3 is 5.97 Å². The minimum atomic E-state index is -0.393. The second-order valence-electron chi connectivity index (χ2n) is 6.07. The van der Waals surface area contributed by atoms with E-state index in [0.717, 1.165) is 31.2 Å². The fourth-order valence-electron chi connectivity index (χ4n) is 2.88. The summed E-state index contributed by atoms with van der Waals surface area (Å²) in [5.41, 5.74) is 0.856. The molecule has 0 aromatic heterocycles. The van der Waals surface area contributed by atoms with Gasteiger partial charge in [-0.3, -0.25) is 14.5 Å². The van der Waals surface area contributed by atoms with Crippen LogP contribution >= 0.6 is 35.6 Å². The third kappa shape index (κ3) is 4.84. The minimum absolute atomic E-state index is 0.0238. The van der Waals surface area contributed by atoms with Crippen molar-refractivity contribution in [2.75, 3.05) is 6.54 Å². The highest BCUT2D eigenvalue weighted by Crippen LogP contribution is 2.32. The van der Waals surface area contributed by atoms with Crippen molar-refractivity contribution in [3.8, 4) is 0 Å². The van der Waals surface area contributed by atoms with Crippen LogP contribution in [0.3, 0.4) is 0 Å². The lowest BCUT2D eigenvalue weighted by atomic mass is 9.98. The smallest absolute Gasteiger partial charge is 0.326 e. The Bertz CT molecular complexity index is 712. The molecule has 132 valence electrons. The maximum Gasteiger partial charge on any atom is 0.326 e. The van der Waals surface area contributed by atoms with E-state index in [9.17, 15) is 9.59 Å². The molecule has 1 amide bonds. The molecule has 2 fully saturated rings. The van der Waals surface area contributed by atoms with Crippen LogP contribution in [-0.4, -0.2) is 33.7 Å². The number of halogens is 1. The number of nitrogens with zero attached hydrogens (tertiary/aromatic N) is 1. The van der Waals surface area contributed by atoms with Crippen molar-refractivity contribution in [2.24, 2.45) is 0 Å². The van der Waals surface area contributed by atoms with Crippen LogP contribution in [0.2, 0.25) is 5.02 Å². The van der Waals surface area contributed by atoms with Gasteiger partial charge in [-0.15, -0.1) is 0 Å². The van der Waals surface area contributed by atoms with Gasteiger partial charge in [-0.2, -0.15) is 0 Å². The molecular weight excluding hydrogens is 378 g/mol. The first kappa shape index (κ1) is 18.4. The van der Waals surface area contributed by atoms with Crippen molar-refractivity contribution in [1.29, 1.82) is 0 Å². The summed E-state index contributed by atoms with van der Waals surface area (Å²) in [6.07, 6.45) is 6.90. The van der Waals surface area contributed by atoms with Crippen LogP contribution in [0.5, 0.6) is 0 Å². The first-order chi connectivity index (χ1) is 12.0. The summed E-state index contributed by atoms with van der Waals surface area (Å²) in [7, 11) is 0. The van der Waals surface area contributed by atoms with E-state index in [1.54, 1.807) is 18.2 Å². The SMILES string of the molecule is O=C(CN1C(=O)/C(=C/c2ccc(Cl)cc2)SC1=S)OC1CCCCC1. The van der Waals surface area contributed by atoms with Crippen LogP contribution in [-0.2, 0) is 14.3 Å². The minimum Gasteiger partial charge on any atom is -0.461 e. The maximum absolute atomic E-state index is 12.5. The number of rotatable bonds is 4. The number of benzene rings is 1. The molecule has 0 radical (unpaired) electrons. The number of thioether (sulfide) groups is 1. The number of ether oxygens (including phenoxy) is 1. The molecule has 1 aliphatic heterocycles. The monoisotopic (exact) mass is 395 g/mol. The molecule has 4 nitrogen and oxygen atoms in total. The largest absolute Gasteiger partial charge is 0.461 e. The summed E-state index contributed by atoms with van der Waals surface area (Å²) in [5.74, 6) is -0.651. The number of amides is 1. The fraction of sp³-hybridized carbons (Fsp3) is 0.389. The summed E-state index contributed by atoms with van der Waals surface area (Å²) in [6.45, 7) is -0.126. The Morgan fingerprint density at radius 1 is 1.28 bits per heavy atom. The molecule has 0 atom stereocenters. The highest BCUT2D eigenvalue weighted by atomic mass is 35.5. The van der Waals surface area contributed by atoms with Crippen molar-refractivity contribution >= 4 is 57.9 Å². The Morgan fingerprint density at radius 3 is 2.64 bits per heavy atom. The van der Waals surface area contributed by atoms with E-state index in [-0.39, 0.29) is 18.6 Å². The highest BCUT2D eigenvalue weighted by molar-refractivity contribution is 8.26. The molecule has 0 bridgehead atoms. The second kappa shape index (κ2) is 8.34. The molecule has 1 aromatic carbocycles. The Kier molecular flexibility index (Phi) is 6.15. The first-order valence-electron chi connectivity index (χ1n) is 8.23. The number of carbonyl (C=O) groups is 2. The molecule has 1 aromatic rings. The summed E-state index contributed by atoms with van der Waals surface area (Å²) >= 11 is 12.3. The van der Waals surface area contributed by atoms with Gasteiger partial charge in [0.1, 0.15) is 17.0 Å². The Labute approximate surface area is 161 Å². The van der Waals surface area contributed by atoms with E-state index >= 15 is 0 Å². The highest BCUT2D eigenvalue weighted by Gasteiger charge is 2.34. The second-order valence-corrected chi connectivity index (χ2v) is 8.18. The summed E-state index contributed by atoms with van der Waals surface area (Å²) < 4.78 is 5.86. The number of carbonyl (C=O) groups excluding carboxylic acids is 2. The van der Waals surface area contributed by atoms with Gasteiger partial charge < -0.3 is 4.74 Å². The van der Waals surface area contributed by atoms with Gasteiger partial charge in [0.25, 0.3) is 5.91 Å². The summed E-state index contributed by atoms with van der Waals surface area (Å²) in [5, 5.41) is 0.634. The lowest BCUT2D eigenvalue weighted by Crippen LogP contribution is -2.36. The van der Waals surface area contributed by atoms with E-state index in [1.165, 1.54) is 23.1 Å². The molecule has 1 saturated heterocycles. The van der Waals surface area contributed by atoms with Crippen LogP contribution in [0.25, 0.3) is 6.08 Å². The van der Waals surface area contributed by atoms with Gasteiger partial charge in [0.05, 0.1) is 4.91 Å². The molecule has 1 aliphatic carbocycles. The predicted octanol–water partition coefficient (Wildman–Crippen LogP) is 4.42. The lowest BCUT2D eigenvalue weighted by molar-refractivity contribution is -0.152. The van der Waals surface area contributed by atoms with Crippen LogP contribution in [0.15, 0.2) is 29.2 Å². The van der Waals surface area contributed by atoms with Crippen LogP contribution in [0, 0.1) is 0 Å². The van der Waals surface area contributed by atoms with E-state index in [4.69, 9.17) is 28.6 Å². The fourth-order valence-corrected chi connectivity index (χ4v) is 4.26. The molecule has 1 saturated carbocycles. The maximum atomic E-state index is 12.5. The number of esters is 1. The average molecular weight is 396 g/mol. The molecule has 25 heavy (non-hydrogen) atoms. The van der Waals surface area contributed by atoms with Gasteiger partial charge in [-0.1, -0.05) is 54.1 Å². The van der Waals surface area contributed by atoms with Gasteiger partial charge in [-0.25, -0.2) is 0 Å². The molecule has 0 unspecified atom stereocenters. The standard InChI is InChI=1S/C18H18ClNO3S2/c19-13-8-6-12(7-9-13)10-15-17(22)20(18(24)25-15)11-16(21)23-14-4-2-1-3-5-14/h6-10,14H,1-5,11H2/b15-10-. The molecule has 2 aliphatic rings. The molecule has 0 spiro atoms. The molecule has 1 heterocycles. The summed E-state index contributed by atoms with van der Waals surface area (Å²) in [4.78, 5) is 26.5. The van der Waals surface area contributed by atoms with Crippen LogP contribution < -0.4 is 0 Å². The van der Waals surface area contributed by atoms with Gasteiger partial charge in [0, 0.05) is 5.02 Å². The van der Waals surface area contributed by atoms with Crippen molar-refractivity contribution < 1.29 is 14.3 Å². The molecule has 0 N–H and O–H groups in total. The van der Waals surface area contributed by atoms with E-state index < -0.39 is 5.97 Å². The number of thiocarbonyl (C=S) groups is 1. The number of hydrogen-bond donors (Lipinski definition) is 0. The molecular formula is C18H18ClNO3S2. The van der Waals surface area contributed by atoms with Gasteiger partial charge in [-0.05, 0) is 49.5 Å². The third-order valence-electron chi connectivity index (χ3n) is 4.18. The normalized spacial score (nSPS) is 20.4. The van der Waals surface area contributed by atoms with Crippen molar-refractivity contribution in [3.63, 3.8) is 0 Å². The quantitative estimate of drug-likeness (QED) is 0.429. The zero-order chi connectivity index (χ0) is 17.8. The Hall–Kier alpha value is -1.37. The van der Waals surface area contributed by atoms with Crippen molar-refractivity contribution in [3.05, 3.63) is 39.8 Å². The van der Waals surface area contributed by atoms with E-state index in [1.807, 2.05) is 12.1 Å². The Balaban J connectivity index is 1.62. The van der Waals surface area contributed by atoms with Crippen molar-refractivity contribution in [2.45, 2.75) is 38.2 Å². The predicted molar refractivity (Wildman–Crippen MR) is 104 cm³/mol. The van der Waals surface area contributed by atoms with Crippen molar-refractivity contribution in [1.82, 2.24) is 4.90 Å². The molecule has 3 rings (SSSR count). The topological polar surface area (TPSA) is 46.6 Å². The molecule has 7 heteroatoms. The summed E-state index contributed by atoms with van der Waals surface area (Å²) in [6, 6.07) is 7.17. The lowest BCUT2D eigenvalue weighted by Gasteiger charge is -2.23. The first-order valence-corrected chi connectivity index (χ1v) is 9.83. The van der Waals surface area contributed by atoms with Crippen LogP contribution in [0.4, 0.5) is 0 Å². The zero-order valence-corrected chi connectivity index (χ0v) is 16.0. The van der Waals surface area contributed by atoms with E-state index in [0.29, 0.717) is 14.2 Å². The van der Waals surface area contributed by atoms with Crippen LogP contribution in [0.1, 0.15) is 37.7 Å².